The van der Waals surface area contributed by atoms with Crippen molar-refractivity contribution in [2.45, 2.75) is 49.6 Å². The van der Waals surface area contributed by atoms with Crippen LogP contribution in [0.15, 0.2) is 34.0 Å². The van der Waals surface area contributed by atoms with Gasteiger partial charge in [0.15, 0.2) is 0 Å². The molecule has 0 unspecified atom stereocenters. The van der Waals surface area contributed by atoms with Crippen molar-refractivity contribution in [3.63, 3.8) is 0 Å². The third kappa shape index (κ3) is 2.97. The fourth-order valence-corrected chi connectivity index (χ4v) is 5.01. The third-order valence-electron chi connectivity index (χ3n) is 4.49. The first-order valence-corrected chi connectivity index (χ1v) is 9.86. The molecule has 1 fully saturated rings. The monoisotopic (exact) mass is 332 g/mol. The molecule has 4 rings (SSSR count). The van der Waals surface area contributed by atoms with Gasteiger partial charge in [0.05, 0.1) is 22.8 Å². The van der Waals surface area contributed by atoms with E-state index >= 15 is 0 Å². The van der Waals surface area contributed by atoms with Gasteiger partial charge in [0.1, 0.15) is 12.4 Å². The minimum absolute atomic E-state index is 0.555. The normalized spacial score (nSPS) is 18.5. The van der Waals surface area contributed by atoms with E-state index in [2.05, 4.69) is 28.1 Å². The van der Waals surface area contributed by atoms with Crippen molar-refractivity contribution in [1.29, 1.82) is 0 Å². The Morgan fingerprint density at radius 3 is 2.95 bits per heavy atom. The summed E-state index contributed by atoms with van der Waals surface area (Å²) in [6.07, 6.45) is 6.88. The Labute approximate surface area is 139 Å². The molecule has 2 aromatic rings. The van der Waals surface area contributed by atoms with Crippen molar-refractivity contribution >= 4 is 28.8 Å². The van der Waals surface area contributed by atoms with Crippen LogP contribution in [-0.4, -0.2) is 16.9 Å². The second kappa shape index (κ2) is 6.50. The highest BCUT2D eigenvalue weighted by Crippen LogP contribution is 2.43. The maximum atomic E-state index is 5.87. The number of rotatable bonds is 4. The quantitative estimate of drug-likeness (QED) is 0.793. The van der Waals surface area contributed by atoms with Crippen LogP contribution in [0.3, 0.4) is 0 Å². The van der Waals surface area contributed by atoms with Crippen LogP contribution in [0, 0.1) is 0 Å². The molecule has 116 valence electrons. The molecule has 1 aromatic carbocycles. The molecule has 0 bridgehead atoms. The van der Waals surface area contributed by atoms with Gasteiger partial charge in [-0.2, -0.15) is 0 Å². The Balaban J connectivity index is 1.45. The minimum Gasteiger partial charge on any atom is -0.487 e. The minimum atomic E-state index is 0.555. The van der Waals surface area contributed by atoms with Crippen LogP contribution >= 0.6 is 23.1 Å². The molecule has 1 aliphatic heterocycles. The highest BCUT2D eigenvalue weighted by atomic mass is 32.2. The van der Waals surface area contributed by atoms with Crippen LogP contribution in [0.25, 0.3) is 0 Å². The van der Waals surface area contributed by atoms with Gasteiger partial charge in [-0.1, -0.05) is 19.3 Å². The summed E-state index contributed by atoms with van der Waals surface area (Å²) in [5.74, 6) is 2.04. The maximum Gasteiger partial charge on any atom is 0.131 e. The zero-order chi connectivity index (χ0) is 14.8. The van der Waals surface area contributed by atoms with Gasteiger partial charge in [-0.25, -0.2) is 4.98 Å². The lowest BCUT2D eigenvalue weighted by Gasteiger charge is -2.32. The Bertz CT molecular complexity index is 624. The topological polar surface area (TPSA) is 25.4 Å². The van der Waals surface area contributed by atoms with Gasteiger partial charge >= 0.3 is 0 Å². The molecule has 0 atom stereocenters. The average Bonchev–Trinajstić information content (AvgIpc) is 3.23. The first-order valence-electron chi connectivity index (χ1n) is 7.93. The molecule has 5 heteroatoms. The number of fused-ring (bicyclic) bond motifs is 1. The summed E-state index contributed by atoms with van der Waals surface area (Å²) in [6.45, 7) is 0.555. The van der Waals surface area contributed by atoms with Gasteiger partial charge in [0.25, 0.3) is 0 Å². The zero-order valence-electron chi connectivity index (χ0n) is 12.5. The van der Waals surface area contributed by atoms with Crippen molar-refractivity contribution < 1.29 is 4.74 Å². The lowest BCUT2D eigenvalue weighted by atomic mass is 9.94. The van der Waals surface area contributed by atoms with E-state index in [4.69, 9.17) is 4.74 Å². The second-order valence-electron chi connectivity index (χ2n) is 5.93. The van der Waals surface area contributed by atoms with E-state index in [0.29, 0.717) is 6.61 Å². The van der Waals surface area contributed by atoms with Gasteiger partial charge in [-0.3, -0.25) is 0 Å². The highest BCUT2D eigenvalue weighted by Gasteiger charge is 2.28. The van der Waals surface area contributed by atoms with Crippen LogP contribution in [0.1, 0.15) is 37.8 Å². The average molecular weight is 332 g/mol. The number of hydrogen-bond acceptors (Lipinski definition) is 5. The van der Waals surface area contributed by atoms with E-state index in [1.807, 2.05) is 22.7 Å². The molecular weight excluding hydrogens is 312 g/mol. The van der Waals surface area contributed by atoms with Gasteiger partial charge in [0, 0.05) is 16.3 Å². The molecule has 1 aromatic heterocycles. The number of nitrogens with zero attached hydrogens (tertiary/aromatic N) is 2. The molecule has 0 spiro atoms. The van der Waals surface area contributed by atoms with Gasteiger partial charge in [-0.05, 0) is 31.0 Å². The Morgan fingerprint density at radius 2 is 2.14 bits per heavy atom. The van der Waals surface area contributed by atoms with Crippen molar-refractivity contribution in [2.24, 2.45) is 0 Å². The zero-order valence-corrected chi connectivity index (χ0v) is 14.2. The van der Waals surface area contributed by atoms with Crippen LogP contribution in [0.2, 0.25) is 0 Å². The lowest BCUT2D eigenvalue weighted by molar-refractivity contribution is 0.301. The number of benzene rings is 1. The molecule has 2 aliphatic rings. The molecule has 0 radical (unpaired) electrons. The molecule has 2 heterocycles. The summed E-state index contributed by atoms with van der Waals surface area (Å²) in [7, 11) is 0. The van der Waals surface area contributed by atoms with Crippen molar-refractivity contribution in [3.8, 4) is 5.75 Å². The number of ether oxygens (including phenoxy) is 1. The van der Waals surface area contributed by atoms with E-state index in [0.717, 1.165) is 23.4 Å². The van der Waals surface area contributed by atoms with Crippen molar-refractivity contribution in [1.82, 2.24) is 4.98 Å². The molecule has 0 saturated heterocycles. The predicted molar refractivity (Wildman–Crippen MR) is 93.0 cm³/mol. The molecule has 3 nitrogen and oxygen atoms in total. The number of thioether (sulfide) groups is 1. The standard InChI is InChI=1S/C17H20N2OS2/c1-2-4-14(5-3-1)19-12-22-17-8-15(6-7-16(17)19)20-9-13-10-21-11-18-13/h6-8,10-11,14H,1-5,9,12H2. The largest absolute Gasteiger partial charge is 0.487 e. The summed E-state index contributed by atoms with van der Waals surface area (Å²) < 4.78 is 5.87. The Hall–Kier alpha value is -1.20. The number of thiazole rings is 1. The maximum absolute atomic E-state index is 5.87. The molecule has 0 amide bonds. The fraction of sp³-hybridized carbons (Fsp3) is 0.471. The first kappa shape index (κ1) is 14.4. The van der Waals surface area contributed by atoms with E-state index in [-0.39, 0.29) is 0 Å². The summed E-state index contributed by atoms with van der Waals surface area (Å²) in [5.41, 5.74) is 4.25. The van der Waals surface area contributed by atoms with Gasteiger partial charge in [0.2, 0.25) is 0 Å². The predicted octanol–water partition coefficient (Wildman–Crippen LogP) is 4.92. The molecule has 22 heavy (non-hydrogen) atoms. The number of aromatic nitrogens is 1. The van der Waals surface area contributed by atoms with Crippen molar-refractivity contribution in [3.05, 3.63) is 34.8 Å². The molecule has 0 N–H and O–H groups in total. The van der Waals surface area contributed by atoms with Crippen LogP contribution in [0.5, 0.6) is 5.75 Å². The third-order valence-corrected chi connectivity index (χ3v) is 6.17. The molecule has 1 saturated carbocycles. The van der Waals surface area contributed by atoms with Crippen LogP contribution in [-0.2, 0) is 6.61 Å². The number of anilines is 1. The first-order chi connectivity index (χ1) is 10.9. The van der Waals surface area contributed by atoms with Crippen molar-refractivity contribution in [2.75, 3.05) is 10.8 Å². The van der Waals surface area contributed by atoms with Crippen LogP contribution < -0.4 is 9.64 Å². The Morgan fingerprint density at radius 1 is 1.23 bits per heavy atom. The number of hydrogen-bond donors (Lipinski definition) is 0. The van der Waals surface area contributed by atoms with Gasteiger partial charge < -0.3 is 9.64 Å². The van der Waals surface area contributed by atoms with E-state index in [1.54, 1.807) is 11.3 Å². The SMILES string of the molecule is c1nc(COc2ccc3c(c2)SCN3C2CCCCC2)cs1. The Kier molecular flexibility index (Phi) is 4.26. The second-order valence-corrected chi connectivity index (χ2v) is 7.64. The van der Waals surface area contributed by atoms with E-state index in [1.165, 1.54) is 42.7 Å². The van der Waals surface area contributed by atoms with Gasteiger partial charge in [-0.15, -0.1) is 23.1 Å². The summed E-state index contributed by atoms with van der Waals surface area (Å²) in [6, 6.07) is 7.27. The summed E-state index contributed by atoms with van der Waals surface area (Å²) in [5, 5.41) is 2.03. The summed E-state index contributed by atoms with van der Waals surface area (Å²) >= 11 is 3.55. The molecular formula is C17H20N2OS2. The molecule has 1 aliphatic carbocycles. The lowest BCUT2D eigenvalue weighted by Crippen LogP contribution is -2.34. The van der Waals surface area contributed by atoms with Crippen LogP contribution in [0.4, 0.5) is 5.69 Å². The van der Waals surface area contributed by atoms with E-state index < -0.39 is 0 Å². The fourth-order valence-electron chi connectivity index (χ4n) is 3.31. The van der Waals surface area contributed by atoms with E-state index in [9.17, 15) is 0 Å². The summed E-state index contributed by atoms with van der Waals surface area (Å²) in [4.78, 5) is 8.22. The highest BCUT2D eigenvalue weighted by molar-refractivity contribution is 7.99. The smallest absolute Gasteiger partial charge is 0.131 e.